The van der Waals surface area contributed by atoms with Gasteiger partial charge >= 0.3 is 6.18 Å². The molecule has 0 amide bonds. The highest BCUT2D eigenvalue weighted by Crippen LogP contribution is 2.34. The molecule has 52 heavy (non-hydrogen) atoms. The number of hydrogen-bond donors (Lipinski definition) is 2. The Hall–Kier alpha value is -3.01. The van der Waals surface area contributed by atoms with Gasteiger partial charge in [-0.15, -0.1) is 15.6 Å². The number of aryl methyl sites for hydroxylation is 1. The Labute approximate surface area is 309 Å². The molecule has 7 rings (SSSR count). The molecular formula is C36H46F3N9O2S2. The van der Waals surface area contributed by atoms with Gasteiger partial charge in [-0.2, -0.15) is 18.4 Å². The number of piperazine rings is 1. The van der Waals surface area contributed by atoms with Gasteiger partial charge in [0.1, 0.15) is 28.7 Å². The van der Waals surface area contributed by atoms with E-state index in [1.165, 1.54) is 30.3 Å². The minimum Gasteiger partial charge on any atom is -0.577 e. The first-order valence-corrected chi connectivity index (χ1v) is 20.0. The molecule has 2 unspecified atom stereocenters. The summed E-state index contributed by atoms with van der Waals surface area (Å²) in [5, 5.41) is 25.6. The zero-order valence-electron chi connectivity index (χ0n) is 29.6. The lowest BCUT2D eigenvalue weighted by Crippen LogP contribution is -2.54. The maximum absolute atomic E-state index is 13.0. The van der Waals surface area contributed by atoms with Crippen molar-refractivity contribution in [1.82, 2.24) is 33.1 Å². The number of alkyl halides is 3. The number of rotatable bonds is 13. The molecule has 0 radical (unpaired) electrons. The molecule has 2 aliphatic heterocycles. The number of halogens is 3. The van der Waals surface area contributed by atoms with Crippen LogP contribution in [0.4, 0.5) is 19.0 Å². The number of nitriles is 1. The molecule has 3 aromatic heterocycles. The Bertz CT molecular complexity index is 1890. The van der Waals surface area contributed by atoms with Gasteiger partial charge in [-0.3, -0.25) is 15.0 Å². The lowest BCUT2D eigenvalue weighted by atomic mass is 10.0. The minimum absolute atomic E-state index is 0.157. The van der Waals surface area contributed by atoms with E-state index in [-0.39, 0.29) is 17.0 Å². The van der Waals surface area contributed by atoms with Crippen LogP contribution in [0.25, 0.3) is 21.1 Å². The summed E-state index contributed by atoms with van der Waals surface area (Å²) in [5.74, 6) is 1.26. The minimum atomic E-state index is -4.26. The maximum Gasteiger partial charge on any atom is 0.393 e. The number of aromatic nitrogens is 3. The fraction of sp³-hybridized carbons (Fsp3) is 0.583. The Morgan fingerprint density at radius 3 is 2.54 bits per heavy atom. The van der Waals surface area contributed by atoms with E-state index in [0.29, 0.717) is 53.8 Å². The summed E-state index contributed by atoms with van der Waals surface area (Å²) < 4.78 is 56.7. The van der Waals surface area contributed by atoms with Gasteiger partial charge in [-0.25, -0.2) is 9.97 Å². The fourth-order valence-corrected chi connectivity index (χ4v) is 9.58. The standard InChI is InChI=1S/C36H46F3N9O2S2/c1-24(45-13-15-46(16-14-45)52(50)48(49)12-7-26-3-4-26)21-47-29(20-40)17-31-25(2)27(5-6-33(31)47)22-44-10-8-28(9-11-44)43-34-32-18-30(19-36(37,38)39)51-35(32)42-23-41-34/h5-6,17-18,23-24,26,28,49H,3-4,7-16,19,21-22H2,1-2H3,(H,41,42,43). The van der Waals surface area contributed by atoms with Gasteiger partial charge in [0.15, 0.2) is 11.5 Å². The molecule has 0 spiro atoms. The molecule has 0 bridgehead atoms. The number of hydroxylamine groups is 1. The number of nitrogens with one attached hydrogen (secondary N) is 1. The Morgan fingerprint density at radius 1 is 1.10 bits per heavy atom. The van der Waals surface area contributed by atoms with Crippen LogP contribution in [-0.4, -0.2) is 107 Å². The third-order valence-corrected chi connectivity index (χ3v) is 13.2. The van der Waals surface area contributed by atoms with Crippen molar-refractivity contribution in [2.75, 3.05) is 51.1 Å². The van der Waals surface area contributed by atoms with Gasteiger partial charge in [0.2, 0.25) is 0 Å². The summed E-state index contributed by atoms with van der Waals surface area (Å²) in [4.78, 5) is 14.1. The summed E-state index contributed by atoms with van der Waals surface area (Å²) in [6, 6.07) is 10.6. The molecule has 2 saturated heterocycles. The molecule has 1 aromatic carbocycles. The van der Waals surface area contributed by atoms with Gasteiger partial charge in [0.05, 0.1) is 31.4 Å². The predicted octanol–water partition coefficient (Wildman–Crippen LogP) is 6.08. The van der Waals surface area contributed by atoms with E-state index in [4.69, 9.17) is 0 Å². The number of thiophene rings is 1. The van der Waals surface area contributed by atoms with Gasteiger partial charge in [-0.05, 0) is 68.4 Å². The number of likely N-dealkylation sites (tertiary alicyclic amines) is 1. The average Bonchev–Trinajstić information content (AvgIpc) is 3.77. The van der Waals surface area contributed by atoms with E-state index >= 15 is 0 Å². The number of fused-ring (bicyclic) bond motifs is 2. The highest BCUT2D eigenvalue weighted by molar-refractivity contribution is 7.86. The smallest absolute Gasteiger partial charge is 0.393 e. The van der Waals surface area contributed by atoms with E-state index in [1.54, 1.807) is 6.07 Å². The zero-order valence-corrected chi connectivity index (χ0v) is 31.2. The van der Waals surface area contributed by atoms with Crippen molar-refractivity contribution in [3.05, 3.63) is 52.3 Å². The van der Waals surface area contributed by atoms with Crippen LogP contribution in [0.15, 0.2) is 30.6 Å². The number of hydrogen-bond acceptors (Lipinski definition) is 11. The molecule has 2 atom stereocenters. The maximum atomic E-state index is 13.0. The van der Waals surface area contributed by atoms with Crippen molar-refractivity contribution < 1.29 is 22.9 Å². The predicted molar refractivity (Wildman–Crippen MR) is 197 cm³/mol. The summed E-state index contributed by atoms with van der Waals surface area (Å²) >= 11 is -0.480. The van der Waals surface area contributed by atoms with Crippen LogP contribution in [0, 0.1) is 24.2 Å². The molecule has 3 aliphatic rings. The molecular weight excluding hydrogens is 712 g/mol. The van der Waals surface area contributed by atoms with Crippen LogP contribution >= 0.6 is 11.3 Å². The van der Waals surface area contributed by atoms with Crippen LogP contribution in [0.5, 0.6) is 0 Å². The molecule has 1 saturated carbocycles. The Kier molecular flexibility index (Phi) is 11.3. The molecule has 16 heteroatoms. The highest BCUT2D eigenvalue weighted by Gasteiger charge is 2.34. The topological polar surface area (TPSA) is 123 Å². The van der Waals surface area contributed by atoms with Crippen LogP contribution < -0.4 is 5.32 Å². The first-order chi connectivity index (χ1) is 25.0. The summed E-state index contributed by atoms with van der Waals surface area (Å²) in [6.45, 7) is 10.6. The third kappa shape index (κ3) is 8.68. The van der Waals surface area contributed by atoms with Crippen molar-refractivity contribution in [3.8, 4) is 6.07 Å². The number of anilines is 1. The van der Waals surface area contributed by atoms with Crippen LogP contribution in [0.2, 0.25) is 0 Å². The molecule has 280 valence electrons. The number of nitrogens with zero attached hydrogens (tertiary/aromatic N) is 8. The quantitative estimate of drug-likeness (QED) is 0.123. The van der Waals surface area contributed by atoms with E-state index < -0.39 is 24.1 Å². The van der Waals surface area contributed by atoms with Crippen LogP contribution in [0.3, 0.4) is 0 Å². The van der Waals surface area contributed by atoms with Gasteiger partial charge in [0, 0.05) is 71.6 Å². The van der Waals surface area contributed by atoms with Gasteiger partial charge in [0.25, 0.3) is 0 Å². The molecule has 5 heterocycles. The van der Waals surface area contributed by atoms with E-state index in [2.05, 4.69) is 61.7 Å². The lowest BCUT2D eigenvalue weighted by Gasteiger charge is -2.38. The van der Waals surface area contributed by atoms with E-state index in [0.717, 1.165) is 78.7 Å². The van der Waals surface area contributed by atoms with Gasteiger partial charge in [-0.1, -0.05) is 18.9 Å². The fourth-order valence-electron chi connectivity index (χ4n) is 7.55. The van der Waals surface area contributed by atoms with Crippen molar-refractivity contribution in [2.45, 2.75) is 83.7 Å². The monoisotopic (exact) mass is 757 g/mol. The summed E-state index contributed by atoms with van der Waals surface area (Å²) in [6.07, 6.45) is 1.23. The second kappa shape index (κ2) is 15.8. The summed E-state index contributed by atoms with van der Waals surface area (Å²) in [7, 11) is 0. The number of benzene rings is 1. The normalized spacial score (nSPS) is 19.8. The van der Waals surface area contributed by atoms with Crippen LogP contribution in [0.1, 0.15) is 60.7 Å². The van der Waals surface area contributed by atoms with E-state index in [9.17, 15) is 28.2 Å². The SMILES string of the molecule is Cc1c(CN2CCC(Nc3ncnc4sc(CC(F)(F)F)cc34)CC2)ccc2c1cc(C#N)n2CC(C)N1CCN([S+]([O-])N(O)CCC2CC2)CC1. The Balaban J connectivity index is 0.936. The highest BCUT2D eigenvalue weighted by atomic mass is 32.2. The summed E-state index contributed by atoms with van der Waals surface area (Å²) in [5.41, 5.74) is 4.07. The second-order valence-corrected chi connectivity index (χ2v) is 17.0. The lowest BCUT2D eigenvalue weighted by molar-refractivity contribution is -0.126. The zero-order chi connectivity index (χ0) is 36.6. The second-order valence-electron chi connectivity index (χ2n) is 14.5. The van der Waals surface area contributed by atoms with E-state index in [1.807, 2.05) is 10.4 Å². The van der Waals surface area contributed by atoms with Gasteiger partial charge < -0.3 is 14.4 Å². The Morgan fingerprint density at radius 2 is 1.85 bits per heavy atom. The number of piperidine rings is 1. The van der Waals surface area contributed by atoms with Crippen molar-refractivity contribution in [3.63, 3.8) is 0 Å². The van der Waals surface area contributed by atoms with Crippen LogP contribution in [-0.2, 0) is 31.1 Å². The molecule has 4 aromatic rings. The molecule has 1 aliphatic carbocycles. The first-order valence-electron chi connectivity index (χ1n) is 18.1. The molecule has 3 fully saturated rings. The molecule has 11 nitrogen and oxygen atoms in total. The van der Waals surface area contributed by atoms with Crippen molar-refractivity contribution in [1.29, 1.82) is 5.26 Å². The third-order valence-electron chi connectivity index (χ3n) is 10.8. The largest absolute Gasteiger partial charge is 0.577 e. The van der Waals surface area contributed by atoms with Crippen molar-refractivity contribution in [2.24, 2.45) is 5.92 Å². The molecule has 2 N–H and O–H groups in total. The van der Waals surface area contributed by atoms with Crippen molar-refractivity contribution >= 4 is 49.8 Å². The first kappa shape index (κ1) is 37.3. The average molecular weight is 758 g/mol.